The Hall–Kier alpha value is -2.95. The number of carbonyl (C=O) groups is 1. The van der Waals surface area contributed by atoms with Gasteiger partial charge in [0.05, 0.1) is 17.2 Å². The van der Waals surface area contributed by atoms with Crippen molar-refractivity contribution in [3.8, 4) is 0 Å². The molecule has 110 valence electrons. The fourth-order valence-corrected chi connectivity index (χ4v) is 2.51. The van der Waals surface area contributed by atoms with Gasteiger partial charge >= 0.3 is 0 Å². The first-order valence-electron chi connectivity index (χ1n) is 6.91. The number of fused-ring (bicyclic) bond motifs is 1. The number of H-pyrrole nitrogens is 1. The molecule has 0 unspecified atom stereocenters. The summed E-state index contributed by atoms with van der Waals surface area (Å²) in [6, 6.07) is 10.8. The number of rotatable bonds is 2. The molecule has 0 aliphatic heterocycles. The van der Waals surface area contributed by atoms with E-state index in [1.807, 2.05) is 32.0 Å². The lowest BCUT2D eigenvalue weighted by molar-refractivity contribution is 0.102. The highest BCUT2D eigenvalue weighted by Crippen LogP contribution is 2.18. The number of anilines is 1. The lowest BCUT2D eigenvalue weighted by Gasteiger charge is -2.10. The normalized spacial score (nSPS) is 10.6. The molecule has 2 N–H and O–H groups in total. The third-order valence-electron chi connectivity index (χ3n) is 3.61. The van der Waals surface area contributed by atoms with Crippen molar-refractivity contribution in [2.45, 2.75) is 13.8 Å². The van der Waals surface area contributed by atoms with Crippen molar-refractivity contribution in [3.63, 3.8) is 0 Å². The number of nitrogens with zero attached hydrogens (tertiary/aromatic N) is 1. The molecule has 5 nitrogen and oxygen atoms in total. The number of aryl methyl sites for hydroxylation is 2. The van der Waals surface area contributed by atoms with Gasteiger partial charge in [0.2, 0.25) is 0 Å². The number of carbonyl (C=O) groups excluding carboxylic acids is 1. The van der Waals surface area contributed by atoms with E-state index in [1.54, 1.807) is 18.2 Å². The Balaban J connectivity index is 1.98. The summed E-state index contributed by atoms with van der Waals surface area (Å²) in [6.07, 6.45) is 1.36. The maximum Gasteiger partial charge on any atom is 0.258 e. The van der Waals surface area contributed by atoms with Crippen LogP contribution < -0.4 is 10.9 Å². The lowest BCUT2D eigenvalue weighted by Crippen LogP contribution is -2.15. The fraction of sp³-hybridized carbons (Fsp3) is 0.118. The molecular weight excluding hydrogens is 278 g/mol. The largest absolute Gasteiger partial charge is 0.322 e. The van der Waals surface area contributed by atoms with Crippen LogP contribution in [0.3, 0.4) is 0 Å². The van der Waals surface area contributed by atoms with E-state index >= 15 is 0 Å². The molecule has 3 rings (SSSR count). The molecule has 0 bridgehead atoms. The SMILES string of the molecule is Cc1cccc(C)c1C(=O)Nc1ccc2nc[nH]c(=O)c2c1. The Morgan fingerprint density at radius 1 is 1.14 bits per heavy atom. The van der Waals surface area contributed by atoms with Crippen LogP contribution in [-0.4, -0.2) is 15.9 Å². The molecule has 2 aromatic carbocycles. The van der Waals surface area contributed by atoms with Gasteiger partial charge in [0, 0.05) is 11.3 Å². The van der Waals surface area contributed by atoms with E-state index in [-0.39, 0.29) is 11.5 Å². The standard InChI is InChI=1S/C17H15N3O2/c1-10-4-3-5-11(2)15(10)17(22)20-12-6-7-14-13(8-12)16(21)19-9-18-14/h3-9H,1-2H3,(H,20,22)(H,18,19,21). The first kappa shape index (κ1) is 14.0. The van der Waals surface area contributed by atoms with Crippen LogP contribution in [0, 0.1) is 13.8 Å². The van der Waals surface area contributed by atoms with E-state index in [4.69, 9.17) is 0 Å². The number of aromatic amines is 1. The molecule has 0 atom stereocenters. The van der Waals surface area contributed by atoms with Gasteiger partial charge in [0.15, 0.2) is 0 Å². The second-order valence-corrected chi connectivity index (χ2v) is 5.18. The summed E-state index contributed by atoms with van der Waals surface area (Å²) in [5, 5.41) is 3.29. The van der Waals surface area contributed by atoms with Gasteiger partial charge in [0.25, 0.3) is 11.5 Å². The minimum absolute atomic E-state index is 0.185. The molecule has 22 heavy (non-hydrogen) atoms. The molecule has 0 aliphatic rings. The number of amides is 1. The molecule has 0 fully saturated rings. The molecule has 5 heteroatoms. The van der Waals surface area contributed by atoms with Crippen molar-refractivity contribution in [2.75, 3.05) is 5.32 Å². The molecule has 0 radical (unpaired) electrons. The van der Waals surface area contributed by atoms with Gasteiger partial charge in [-0.3, -0.25) is 9.59 Å². The zero-order valence-electron chi connectivity index (χ0n) is 12.3. The van der Waals surface area contributed by atoms with E-state index in [2.05, 4.69) is 15.3 Å². The molecular formula is C17H15N3O2. The average molecular weight is 293 g/mol. The number of hydrogen-bond acceptors (Lipinski definition) is 3. The summed E-state index contributed by atoms with van der Waals surface area (Å²) < 4.78 is 0. The Morgan fingerprint density at radius 2 is 1.86 bits per heavy atom. The van der Waals surface area contributed by atoms with Crippen molar-refractivity contribution in [1.29, 1.82) is 0 Å². The monoisotopic (exact) mass is 293 g/mol. The zero-order valence-corrected chi connectivity index (χ0v) is 12.3. The van der Waals surface area contributed by atoms with Crippen LogP contribution in [0.5, 0.6) is 0 Å². The fourth-order valence-electron chi connectivity index (χ4n) is 2.51. The average Bonchev–Trinajstić information content (AvgIpc) is 2.48. The van der Waals surface area contributed by atoms with Crippen molar-refractivity contribution >= 4 is 22.5 Å². The second-order valence-electron chi connectivity index (χ2n) is 5.18. The van der Waals surface area contributed by atoms with Crippen LogP contribution in [0.1, 0.15) is 21.5 Å². The molecule has 0 saturated heterocycles. The van der Waals surface area contributed by atoms with Crippen molar-refractivity contribution in [1.82, 2.24) is 9.97 Å². The summed E-state index contributed by atoms with van der Waals surface area (Å²) >= 11 is 0. The molecule has 0 aliphatic carbocycles. The van der Waals surface area contributed by atoms with Gasteiger partial charge in [-0.1, -0.05) is 18.2 Å². The van der Waals surface area contributed by atoms with Crippen molar-refractivity contribution < 1.29 is 4.79 Å². The zero-order chi connectivity index (χ0) is 15.7. The van der Waals surface area contributed by atoms with Gasteiger partial charge in [-0.25, -0.2) is 4.98 Å². The maximum absolute atomic E-state index is 12.5. The van der Waals surface area contributed by atoms with E-state index in [9.17, 15) is 9.59 Å². The topological polar surface area (TPSA) is 74.8 Å². The Kier molecular flexibility index (Phi) is 3.47. The highest BCUT2D eigenvalue weighted by molar-refractivity contribution is 6.06. The van der Waals surface area contributed by atoms with Crippen LogP contribution in [0.2, 0.25) is 0 Å². The van der Waals surface area contributed by atoms with Gasteiger partial charge < -0.3 is 10.3 Å². The van der Waals surface area contributed by atoms with E-state index in [0.717, 1.165) is 11.1 Å². The van der Waals surface area contributed by atoms with Crippen LogP contribution in [-0.2, 0) is 0 Å². The first-order valence-corrected chi connectivity index (χ1v) is 6.91. The van der Waals surface area contributed by atoms with E-state index in [0.29, 0.717) is 22.2 Å². The minimum Gasteiger partial charge on any atom is -0.322 e. The predicted octanol–water partition coefficient (Wildman–Crippen LogP) is 2.79. The molecule has 1 amide bonds. The third kappa shape index (κ3) is 2.48. The summed E-state index contributed by atoms with van der Waals surface area (Å²) in [7, 11) is 0. The molecule has 0 saturated carbocycles. The van der Waals surface area contributed by atoms with Gasteiger partial charge in [0.1, 0.15) is 0 Å². The van der Waals surface area contributed by atoms with Crippen LogP contribution in [0.15, 0.2) is 47.5 Å². The van der Waals surface area contributed by atoms with Gasteiger partial charge in [-0.05, 0) is 43.2 Å². The van der Waals surface area contributed by atoms with Gasteiger partial charge in [-0.2, -0.15) is 0 Å². The minimum atomic E-state index is -0.229. The predicted molar refractivity (Wildman–Crippen MR) is 86.2 cm³/mol. The van der Waals surface area contributed by atoms with E-state index in [1.165, 1.54) is 6.33 Å². The quantitative estimate of drug-likeness (QED) is 0.763. The summed E-state index contributed by atoms with van der Waals surface area (Å²) in [6.45, 7) is 3.80. The van der Waals surface area contributed by atoms with Crippen molar-refractivity contribution in [2.24, 2.45) is 0 Å². The highest BCUT2D eigenvalue weighted by Gasteiger charge is 2.12. The van der Waals surface area contributed by atoms with Crippen LogP contribution in [0.25, 0.3) is 10.9 Å². The Morgan fingerprint density at radius 3 is 2.59 bits per heavy atom. The summed E-state index contributed by atoms with van der Waals surface area (Å²) in [4.78, 5) is 30.9. The van der Waals surface area contributed by atoms with Crippen LogP contribution >= 0.6 is 0 Å². The molecule has 1 aromatic heterocycles. The first-order chi connectivity index (χ1) is 10.6. The summed E-state index contributed by atoms with van der Waals surface area (Å²) in [5.74, 6) is -0.185. The Labute approximate surface area is 127 Å². The third-order valence-corrected chi connectivity index (χ3v) is 3.61. The Bertz CT molecular complexity index is 908. The number of benzene rings is 2. The lowest BCUT2D eigenvalue weighted by atomic mass is 10.0. The van der Waals surface area contributed by atoms with E-state index < -0.39 is 0 Å². The van der Waals surface area contributed by atoms with Gasteiger partial charge in [-0.15, -0.1) is 0 Å². The highest BCUT2D eigenvalue weighted by atomic mass is 16.1. The molecule has 0 spiro atoms. The number of nitrogens with one attached hydrogen (secondary N) is 2. The maximum atomic E-state index is 12.5. The number of aromatic nitrogens is 2. The smallest absolute Gasteiger partial charge is 0.258 e. The molecule has 1 heterocycles. The second kappa shape index (κ2) is 5.44. The molecule has 3 aromatic rings. The summed E-state index contributed by atoms with van der Waals surface area (Å²) in [5.41, 5.74) is 3.42. The number of hydrogen-bond donors (Lipinski definition) is 2. The van der Waals surface area contributed by atoms with Crippen LogP contribution in [0.4, 0.5) is 5.69 Å². The van der Waals surface area contributed by atoms with Crippen molar-refractivity contribution in [3.05, 3.63) is 69.8 Å².